The average molecular weight is 510 g/mol. The first-order valence-corrected chi connectivity index (χ1v) is 12.5. The summed E-state index contributed by atoms with van der Waals surface area (Å²) in [6.45, 7) is 2.02. The Labute approximate surface area is 219 Å². The van der Waals surface area contributed by atoms with Gasteiger partial charge in [-0.05, 0) is 18.6 Å². The molecule has 4 aromatic rings. The molecule has 0 N–H and O–H groups in total. The lowest BCUT2D eigenvalue weighted by Crippen LogP contribution is -2.13. The molecule has 0 atom stereocenters. The Morgan fingerprint density at radius 3 is 2.30 bits per heavy atom. The van der Waals surface area contributed by atoms with Crippen LogP contribution in [0.4, 0.5) is 0 Å². The van der Waals surface area contributed by atoms with E-state index in [1.54, 1.807) is 31.5 Å². The van der Waals surface area contributed by atoms with Crippen LogP contribution in [0.3, 0.4) is 0 Å². The smallest absolute Gasteiger partial charge is 0.341 e. The zero-order valence-corrected chi connectivity index (χ0v) is 20.9. The van der Waals surface area contributed by atoms with Gasteiger partial charge in [-0.25, -0.2) is 9.78 Å². The van der Waals surface area contributed by atoms with E-state index >= 15 is 0 Å². The molecule has 0 aliphatic rings. The third-order valence-electron chi connectivity index (χ3n) is 5.32. The van der Waals surface area contributed by atoms with Crippen molar-refractivity contribution in [1.29, 1.82) is 5.26 Å². The Bertz CT molecular complexity index is 1420. The van der Waals surface area contributed by atoms with Gasteiger partial charge in [-0.3, -0.25) is 9.78 Å². The number of hydrogen-bond donors (Lipinski definition) is 0. The minimum atomic E-state index is -0.594. The Morgan fingerprint density at radius 2 is 1.65 bits per heavy atom. The first kappa shape index (κ1) is 25.6. The fourth-order valence-corrected chi connectivity index (χ4v) is 4.47. The van der Waals surface area contributed by atoms with E-state index in [0.29, 0.717) is 27.4 Å². The van der Waals surface area contributed by atoms with Crippen molar-refractivity contribution in [3.05, 3.63) is 102 Å². The lowest BCUT2D eigenvalue weighted by Gasteiger charge is -2.18. The highest BCUT2D eigenvalue weighted by atomic mass is 32.2. The molecule has 0 aliphatic carbocycles. The van der Waals surface area contributed by atoms with E-state index in [4.69, 9.17) is 14.5 Å². The zero-order chi connectivity index (χ0) is 26.0. The predicted molar refractivity (Wildman–Crippen MR) is 141 cm³/mol. The summed E-state index contributed by atoms with van der Waals surface area (Å²) in [6, 6.07) is 24.2. The summed E-state index contributed by atoms with van der Waals surface area (Å²) in [5.41, 5.74) is 3.18. The van der Waals surface area contributed by atoms with E-state index in [2.05, 4.69) is 11.1 Å². The van der Waals surface area contributed by atoms with Gasteiger partial charge in [-0.2, -0.15) is 5.26 Å². The van der Waals surface area contributed by atoms with Crippen LogP contribution in [0, 0.1) is 11.3 Å². The maximum absolute atomic E-state index is 13.2. The van der Waals surface area contributed by atoms with Crippen molar-refractivity contribution in [2.45, 2.75) is 18.6 Å². The molecule has 2 aromatic carbocycles. The zero-order valence-electron chi connectivity index (χ0n) is 20.1. The second-order valence-electron chi connectivity index (χ2n) is 7.77. The first-order chi connectivity index (χ1) is 18.1. The molecule has 0 aliphatic heterocycles. The highest BCUT2D eigenvalue weighted by molar-refractivity contribution is 7.99. The van der Waals surface area contributed by atoms with Crippen molar-refractivity contribution in [3.8, 4) is 28.5 Å². The van der Waals surface area contributed by atoms with Gasteiger partial charge in [0.05, 0.1) is 29.2 Å². The van der Waals surface area contributed by atoms with Crippen molar-refractivity contribution in [3.63, 3.8) is 0 Å². The summed E-state index contributed by atoms with van der Waals surface area (Å²) in [5, 5.41) is 10.5. The van der Waals surface area contributed by atoms with Crippen molar-refractivity contribution < 1.29 is 19.1 Å². The van der Waals surface area contributed by atoms with Crippen LogP contribution in [-0.2, 0) is 20.9 Å². The van der Waals surface area contributed by atoms with Crippen LogP contribution < -0.4 is 0 Å². The lowest BCUT2D eigenvalue weighted by atomic mass is 9.93. The fourth-order valence-electron chi connectivity index (χ4n) is 3.69. The second-order valence-corrected chi connectivity index (χ2v) is 8.73. The number of carbonyl (C=O) groups excluding carboxylic acids is 2. The van der Waals surface area contributed by atoms with Gasteiger partial charge in [0.15, 0.2) is 0 Å². The summed E-state index contributed by atoms with van der Waals surface area (Å²) < 4.78 is 10.8. The number of esters is 2. The number of pyridine rings is 2. The van der Waals surface area contributed by atoms with E-state index in [1.807, 2.05) is 60.7 Å². The van der Waals surface area contributed by atoms with Gasteiger partial charge in [-0.1, -0.05) is 78.5 Å². The topological polar surface area (TPSA) is 102 Å². The molecular formula is C29H23N3O4S. The number of hydrogen-bond acceptors (Lipinski definition) is 8. The van der Waals surface area contributed by atoms with Crippen molar-refractivity contribution in [2.24, 2.45) is 0 Å². The maximum atomic E-state index is 13.2. The highest BCUT2D eigenvalue weighted by Gasteiger charge is 2.28. The average Bonchev–Trinajstić information content (AvgIpc) is 2.95. The van der Waals surface area contributed by atoms with Gasteiger partial charge >= 0.3 is 11.9 Å². The lowest BCUT2D eigenvalue weighted by molar-refractivity contribution is -0.141. The number of ether oxygens (including phenoxy) is 2. The highest BCUT2D eigenvalue weighted by Crippen LogP contribution is 2.38. The van der Waals surface area contributed by atoms with Crippen LogP contribution >= 0.6 is 11.8 Å². The molecule has 0 fully saturated rings. The molecule has 0 saturated carbocycles. The van der Waals surface area contributed by atoms with Crippen LogP contribution in [0.5, 0.6) is 0 Å². The normalized spacial score (nSPS) is 10.4. The molecule has 0 saturated heterocycles. The van der Waals surface area contributed by atoms with Crippen molar-refractivity contribution in [2.75, 3.05) is 12.4 Å². The summed E-state index contributed by atoms with van der Waals surface area (Å²) in [6.07, 6.45) is 3.19. The van der Waals surface area contributed by atoms with E-state index in [9.17, 15) is 14.9 Å². The molecule has 2 aromatic heterocycles. The number of aromatic nitrogens is 2. The molecule has 184 valence electrons. The first-order valence-electron chi connectivity index (χ1n) is 11.6. The van der Waals surface area contributed by atoms with Crippen LogP contribution in [0.2, 0.25) is 0 Å². The predicted octanol–water partition coefficient (Wildman–Crippen LogP) is 5.69. The monoisotopic (exact) mass is 509 g/mol. The van der Waals surface area contributed by atoms with Gasteiger partial charge in [0.2, 0.25) is 0 Å². The maximum Gasteiger partial charge on any atom is 0.341 e. The summed E-state index contributed by atoms with van der Waals surface area (Å²) in [4.78, 5) is 34.6. The Morgan fingerprint density at radius 1 is 0.946 bits per heavy atom. The molecule has 0 bridgehead atoms. The standard InChI is InChI=1S/C29H23N3O4S/c1-2-35-29(34)26-25(22-14-9-15-31-17-22)23(16-30)28(32-27(26)21-12-7-4-8-13-21)37-19-24(33)36-18-20-10-5-3-6-11-20/h3-15,17H,2,18-19H2,1H3. The minimum Gasteiger partial charge on any atom is -0.462 e. The molecule has 0 spiro atoms. The summed E-state index contributed by atoms with van der Waals surface area (Å²) in [5.74, 6) is -1.10. The Kier molecular flexibility index (Phi) is 8.63. The van der Waals surface area contributed by atoms with E-state index in [0.717, 1.165) is 17.3 Å². The van der Waals surface area contributed by atoms with Gasteiger partial charge < -0.3 is 9.47 Å². The second kappa shape index (κ2) is 12.5. The van der Waals surface area contributed by atoms with E-state index in [1.165, 1.54) is 0 Å². The number of nitrogens with zero attached hydrogens (tertiary/aromatic N) is 3. The van der Waals surface area contributed by atoms with Crippen molar-refractivity contribution >= 4 is 23.7 Å². The summed E-state index contributed by atoms with van der Waals surface area (Å²) >= 11 is 1.09. The van der Waals surface area contributed by atoms with Crippen LogP contribution in [-0.4, -0.2) is 34.3 Å². The summed E-state index contributed by atoms with van der Waals surface area (Å²) in [7, 11) is 0. The molecule has 37 heavy (non-hydrogen) atoms. The molecule has 8 heteroatoms. The molecule has 0 amide bonds. The van der Waals surface area contributed by atoms with Crippen LogP contribution in [0.15, 0.2) is 90.2 Å². The molecule has 2 heterocycles. The number of rotatable bonds is 9. The van der Waals surface area contributed by atoms with Crippen LogP contribution in [0.25, 0.3) is 22.4 Å². The third kappa shape index (κ3) is 6.21. The van der Waals surface area contributed by atoms with Gasteiger partial charge in [0.1, 0.15) is 17.7 Å². The van der Waals surface area contributed by atoms with Crippen LogP contribution in [0.1, 0.15) is 28.4 Å². The largest absolute Gasteiger partial charge is 0.462 e. The fraction of sp³-hybridized carbons (Fsp3) is 0.138. The van der Waals surface area contributed by atoms with Gasteiger partial charge in [0.25, 0.3) is 0 Å². The number of thioether (sulfide) groups is 1. The Balaban J connectivity index is 1.78. The van der Waals surface area contributed by atoms with Gasteiger partial charge in [-0.15, -0.1) is 0 Å². The number of nitriles is 1. The SMILES string of the molecule is CCOC(=O)c1c(-c2ccccc2)nc(SCC(=O)OCc2ccccc2)c(C#N)c1-c1cccnc1. The number of benzene rings is 2. The molecule has 7 nitrogen and oxygen atoms in total. The van der Waals surface area contributed by atoms with Crippen molar-refractivity contribution in [1.82, 2.24) is 9.97 Å². The molecule has 0 unspecified atom stereocenters. The quantitative estimate of drug-likeness (QED) is 0.209. The molecule has 0 radical (unpaired) electrons. The van der Waals surface area contributed by atoms with E-state index in [-0.39, 0.29) is 30.1 Å². The number of carbonyl (C=O) groups is 2. The Hall–Kier alpha value is -4.48. The van der Waals surface area contributed by atoms with Gasteiger partial charge in [0, 0.05) is 29.1 Å². The molecule has 4 rings (SSSR count). The minimum absolute atomic E-state index is 0.0615. The van der Waals surface area contributed by atoms with E-state index < -0.39 is 11.9 Å². The molecular weight excluding hydrogens is 486 g/mol. The third-order valence-corrected chi connectivity index (χ3v) is 6.27.